The van der Waals surface area contributed by atoms with Gasteiger partial charge in [-0.25, -0.2) is 0 Å². The van der Waals surface area contributed by atoms with Crippen molar-refractivity contribution in [3.8, 4) is 11.5 Å². The summed E-state index contributed by atoms with van der Waals surface area (Å²) in [6.07, 6.45) is 5.39. The van der Waals surface area contributed by atoms with Crippen LogP contribution in [-0.4, -0.2) is 18.7 Å². The Morgan fingerprint density at radius 1 is 0.407 bits per heavy atom. The fourth-order valence-corrected chi connectivity index (χ4v) is 16.3. The van der Waals surface area contributed by atoms with Gasteiger partial charge in [-0.15, -0.1) is 23.1 Å². The van der Waals surface area contributed by atoms with Crippen molar-refractivity contribution in [1.82, 2.24) is 0 Å². The summed E-state index contributed by atoms with van der Waals surface area (Å²) in [5.41, 5.74) is 20.0. The maximum absolute atomic E-state index is 7.30. The number of allylic oxidation sites excluding steroid dienone is 2. The van der Waals surface area contributed by atoms with Gasteiger partial charge in [0, 0.05) is 93.3 Å². The predicted molar refractivity (Wildman–Crippen MR) is 345 cm³/mol. The Hall–Kier alpha value is -9.40. The van der Waals surface area contributed by atoms with Crippen molar-refractivity contribution in [3.05, 3.63) is 290 Å². The topological polar surface area (TPSA) is 22.2 Å². The molecular weight excluding hydrogens is 1020 g/mol. The molecule has 1 aromatic heterocycles. The minimum Gasteiger partial charge on any atom is -0.458 e. The van der Waals surface area contributed by atoms with E-state index in [4.69, 9.17) is 4.74 Å². The first-order chi connectivity index (χ1) is 40.2. The molecule has 0 spiro atoms. The highest BCUT2D eigenvalue weighted by atomic mass is 32.2. The van der Waals surface area contributed by atoms with E-state index in [1.165, 1.54) is 69.5 Å². The lowest BCUT2D eigenvalue weighted by Gasteiger charge is -2.49. The minimum absolute atomic E-state index is 0.0555. The summed E-state index contributed by atoms with van der Waals surface area (Å²) in [4.78, 5) is 11.3. The molecule has 0 amide bonds. The zero-order valence-corrected chi connectivity index (χ0v) is 45.5. The zero-order chi connectivity index (χ0) is 53.1. The van der Waals surface area contributed by atoms with Gasteiger partial charge >= 0.3 is 0 Å². The molecule has 0 radical (unpaired) electrons. The number of rotatable bonds is 8. The number of thiophene rings is 1. The van der Waals surface area contributed by atoms with Crippen molar-refractivity contribution >= 4 is 141 Å². The predicted octanol–water partition coefficient (Wildman–Crippen LogP) is 17.2. The second-order valence-electron chi connectivity index (χ2n) is 21.5. The van der Waals surface area contributed by atoms with Gasteiger partial charge in [0.15, 0.2) is 0 Å². The molecule has 81 heavy (non-hydrogen) atoms. The van der Waals surface area contributed by atoms with Crippen LogP contribution < -0.4 is 46.2 Å². The Kier molecular flexibility index (Phi) is 10.7. The molecule has 0 saturated heterocycles. The highest BCUT2D eigenvalue weighted by molar-refractivity contribution is 8.00. The number of benzene rings is 11. The number of anilines is 11. The molecule has 12 aromatic rings. The van der Waals surface area contributed by atoms with E-state index >= 15 is 0 Å². The molecule has 0 bridgehead atoms. The lowest BCUT2D eigenvalue weighted by molar-refractivity contribution is 0.487. The zero-order valence-electron chi connectivity index (χ0n) is 43.9. The van der Waals surface area contributed by atoms with Crippen LogP contribution in [0.4, 0.5) is 62.6 Å². The summed E-state index contributed by atoms with van der Waals surface area (Å²) in [6.45, 7) is -0.0454. The number of nitrogens with zero attached hydrogens (tertiary/aromatic N) is 4. The van der Waals surface area contributed by atoms with Crippen LogP contribution in [0.1, 0.15) is 0 Å². The number of hydrogen-bond donors (Lipinski definition) is 0. The summed E-state index contributed by atoms with van der Waals surface area (Å²) in [5, 5.41) is 2.59. The first-order valence-electron chi connectivity index (χ1n) is 27.9. The number of fused-ring (bicyclic) bond motifs is 11. The van der Waals surface area contributed by atoms with Crippen molar-refractivity contribution in [3.63, 3.8) is 0 Å². The van der Waals surface area contributed by atoms with E-state index in [-0.39, 0.29) is 24.5 Å². The monoisotopic (exact) mass is 1070 g/mol. The molecule has 0 fully saturated rings. The van der Waals surface area contributed by atoms with E-state index in [1.54, 1.807) is 0 Å². The third-order valence-electron chi connectivity index (χ3n) is 17.0. The fraction of sp³-hybridized carbons (Fsp3) is 0.0278. The van der Waals surface area contributed by atoms with Crippen molar-refractivity contribution in [2.45, 2.75) is 16.0 Å². The average Bonchev–Trinajstić information content (AvgIpc) is 3.46. The number of para-hydroxylation sites is 7. The number of hydrogen-bond acceptors (Lipinski definition) is 7. The van der Waals surface area contributed by atoms with E-state index in [0.29, 0.717) is 0 Å². The van der Waals surface area contributed by atoms with Gasteiger partial charge in [0.25, 0.3) is 6.71 Å². The molecule has 11 aromatic carbocycles. The highest BCUT2D eigenvalue weighted by Gasteiger charge is 2.52. The van der Waals surface area contributed by atoms with Gasteiger partial charge in [0.1, 0.15) is 11.5 Å². The molecule has 5 aliphatic rings. The summed E-state index contributed by atoms with van der Waals surface area (Å²) in [7, 11) is 0. The fourth-order valence-electron chi connectivity index (χ4n) is 13.8. The minimum atomic E-state index is -0.101. The third kappa shape index (κ3) is 7.28. The molecule has 4 aliphatic heterocycles. The average molecular weight is 1070 g/mol. The summed E-state index contributed by atoms with van der Waals surface area (Å²) < 4.78 is 9.84. The molecule has 380 valence electrons. The second-order valence-corrected chi connectivity index (χ2v) is 23.8. The molecular formula is C72H48B2N4OS2. The molecule has 1 aliphatic carbocycles. The molecule has 2 atom stereocenters. The standard InChI is InChI=1S/C72H48B2N4OS2/c1-6-23-47(24-7-1)75(48-25-8-2-9-26-48)52-41-62-71-65(43-52)79-64-38-20-18-35-56(64)74(71)57-45-58-68(46-61(57)78(62)60-37-22-40-67-70(60)54-33-16-21-39-66(54)80-67)81-69-44-53(76(49-27-10-3-11-28-49)50-29-12-4-13-30-50)42-63-72(69)73(58)55-34-17-19-36-59(55)77(63)51-31-14-5-15-32-51/h1-46,58,68H. The lowest BCUT2D eigenvalue weighted by Crippen LogP contribution is -2.59. The van der Waals surface area contributed by atoms with Crippen molar-refractivity contribution in [2.75, 3.05) is 19.6 Å². The van der Waals surface area contributed by atoms with Gasteiger partial charge in [-0.3, -0.25) is 0 Å². The number of ether oxygens (including phenoxy) is 1. The Morgan fingerprint density at radius 2 is 0.951 bits per heavy atom. The molecule has 5 nitrogen and oxygen atoms in total. The lowest BCUT2D eigenvalue weighted by atomic mass is 9.28. The largest absolute Gasteiger partial charge is 0.458 e. The Labute approximate surface area is 480 Å². The van der Waals surface area contributed by atoms with E-state index in [9.17, 15) is 0 Å². The van der Waals surface area contributed by atoms with Crippen molar-refractivity contribution < 1.29 is 4.74 Å². The Morgan fingerprint density at radius 3 is 1.63 bits per heavy atom. The van der Waals surface area contributed by atoms with E-state index in [2.05, 4.69) is 299 Å². The van der Waals surface area contributed by atoms with E-state index in [1.807, 2.05) is 23.1 Å². The van der Waals surface area contributed by atoms with Crippen LogP contribution in [0.2, 0.25) is 5.82 Å². The van der Waals surface area contributed by atoms with Gasteiger partial charge in [0.05, 0.1) is 11.4 Å². The summed E-state index contributed by atoms with van der Waals surface area (Å²) in [5.74, 6) is 1.88. The Bertz CT molecular complexity index is 4460. The molecule has 0 saturated carbocycles. The second kappa shape index (κ2) is 18.6. The maximum atomic E-state index is 7.30. The number of thioether (sulfide) groups is 1. The van der Waals surface area contributed by atoms with Gasteiger partial charge in [-0.05, 0) is 148 Å². The van der Waals surface area contributed by atoms with Crippen LogP contribution in [0, 0.1) is 0 Å². The van der Waals surface area contributed by atoms with Crippen LogP contribution in [0.3, 0.4) is 0 Å². The third-order valence-corrected chi connectivity index (χ3v) is 19.5. The van der Waals surface area contributed by atoms with Gasteiger partial charge in [0.2, 0.25) is 6.71 Å². The van der Waals surface area contributed by atoms with Gasteiger partial charge < -0.3 is 24.3 Å². The summed E-state index contributed by atoms with van der Waals surface area (Å²) >= 11 is 3.90. The smallest absolute Gasteiger partial charge is 0.255 e. The maximum Gasteiger partial charge on any atom is 0.255 e. The summed E-state index contributed by atoms with van der Waals surface area (Å²) in [6, 6.07) is 97.7. The van der Waals surface area contributed by atoms with E-state index in [0.717, 1.165) is 62.7 Å². The van der Waals surface area contributed by atoms with E-state index < -0.39 is 0 Å². The van der Waals surface area contributed by atoms with Crippen LogP contribution in [0.25, 0.3) is 20.2 Å². The molecule has 17 rings (SSSR count). The van der Waals surface area contributed by atoms with Gasteiger partial charge in [-0.2, -0.15) is 0 Å². The van der Waals surface area contributed by atoms with Crippen molar-refractivity contribution in [1.29, 1.82) is 0 Å². The van der Waals surface area contributed by atoms with Crippen LogP contribution in [0.15, 0.2) is 295 Å². The van der Waals surface area contributed by atoms with Crippen LogP contribution in [0.5, 0.6) is 11.5 Å². The van der Waals surface area contributed by atoms with Crippen LogP contribution in [-0.2, 0) is 0 Å². The highest BCUT2D eigenvalue weighted by Crippen LogP contribution is 2.56. The van der Waals surface area contributed by atoms with Gasteiger partial charge in [-0.1, -0.05) is 158 Å². The SMILES string of the molecule is C1=C2B3c4ccccc4Oc4cc(N(c5ccccc5)c5ccccc5)cc(c43)N(c3cccc4sc5ccccc5c34)C2=CC2Sc3cc(N(c4ccccc4)c4ccccc4)cc4c3B(c3ccccc3N4c3ccccc3)C12. The van der Waals surface area contributed by atoms with Crippen molar-refractivity contribution in [2.24, 2.45) is 0 Å². The first-order valence-corrected chi connectivity index (χ1v) is 29.6. The molecule has 9 heteroatoms. The normalized spacial score (nSPS) is 16.0. The molecule has 5 heterocycles. The molecule has 0 N–H and O–H groups in total. The first kappa shape index (κ1) is 46.5. The molecule has 2 unspecified atom stereocenters. The quantitative estimate of drug-likeness (QED) is 0.140. The Balaban J connectivity index is 0.945. The van der Waals surface area contributed by atoms with Crippen LogP contribution >= 0.6 is 23.1 Å².